The third-order valence-corrected chi connectivity index (χ3v) is 3.48. The van der Waals surface area contributed by atoms with Crippen molar-refractivity contribution < 1.29 is 9.53 Å². The van der Waals surface area contributed by atoms with Gasteiger partial charge in [-0.25, -0.2) is 4.98 Å². The van der Waals surface area contributed by atoms with Crippen molar-refractivity contribution in [3.63, 3.8) is 0 Å². The number of hydrogen-bond donors (Lipinski definition) is 2. The van der Waals surface area contributed by atoms with Gasteiger partial charge in [-0.2, -0.15) is 0 Å². The fraction of sp³-hybridized carbons (Fsp3) is 0.583. The number of fused-ring (bicyclic) bond motifs is 1. The topological polar surface area (TPSA) is 76.1 Å². The molecule has 2 aliphatic rings. The highest BCUT2D eigenvalue weighted by Gasteiger charge is 2.39. The van der Waals surface area contributed by atoms with Gasteiger partial charge in [-0.1, -0.05) is 0 Å². The van der Waals surface area contributed by atoms with Crippen LogP contribution in [0.4, 0.5) is 0 Å². The van der Waals surface area contributed by atoms with E-state index in [-0.39, 0.29) is 30.5 Å². The molecule has 0 aromatic carbocycles. The summed E-state index contributed by atoms with van der Waals surface area (Å²) in [6.45, 7) is 1.53. The summed E-state index contributed by atoms with van der Waals surface area (Å²) in [7, 11) is 0. The highest BCUT2D eigenvalue weighted by atomic mass is 35.5. The highest BCUT2D eigenvalue weighted by Crippen LogP contribution is 2.21. The van der Waals surface area contributed by atoms with E-state index in [4.69, 9.17) is 4.74 Å². The van der Waals surface area contributed by atoms with E-state index >= 15 is 0 Å². The van der Waals surface area contributed by atoms with Crippen LogP contribution in [0.2, 0.25) is 0 Å². The first-order chi connectivity index (χ1) is 8.84. The number of rotatable bonds is 2. The number of amides is 1. The fourth-order valence-corrected chi connectivity index (χ4v) is 2.60. The van der Waals surface area contributed by atoms with Gasteiger partial charge in [0.05, 0.1) is 18.3 Å². The van der Waals surface area contributed by atoms with E-state index in [1.807, 2.05) is 0 Å². The summed E-state index contributed by atoms with van der Waals surface area (Å²) in [5.41, 5.74) is 0.344. The molecule has 3 rings (SSSR count). The van der Waals surface area contributed by atoms with E-state index in [0.29, 0.717) is 11.7 Å². The van der Waals surface area contributed by atoms with Crippen molar-refractivity contribution in [2.75, 3.05) is 13.2 Å². The summed E-state index contributed by atoms with van der Waals surface area (Å²) in [6.07, 6.45) is 6.81. The number of carbonyl (C=O) groups is 1. The Hall–Kier alpha value is -1.24. The highest BCUT2D eigenvalue weighted by molar-refractivity contribution is 5.92. The van der Waals surface area contributed by atoms with Crippen LogP contribution in [0.5, 0.6) is 0 Å². The zero-order valence-corrected chi connectivity index (χ0v) is 11.2. The normalized spacial score (nSPS) is 29.2. The number of ether oxygens (including phenoxy) is 1. The van der Waals surface area contributed by atoms with Crippen molar-refractivity contribution in [2.24, 2.45) is 0 Å². The van der Waals surface area contributed by atoms with Gasteiger partial charge in [0.1, 0.15) is 5.69 Å². The lowest BCUT2D eigenvalue weighted by atomic mass is 10.0. The summed E-state index contributed by atoms with van der Waals surface area (Å²) in [4.78, 5) is 19.9. The van der Waals surface area contributed by atoms with Gasteiger partial charge in [0, 0.05) is 31.6 Å². The molecule has 2 aliphatic heterocycles. The van der Waals surface area contributed by atoms with E-state index < -0.39 is 0 Å². The second-order valence-electron chi connectivity index (χ2n) is 4.66. The summed E-state index contributed by atoms with van der Waals surface area (Å²) < 4.78 is 5.74. The van der Waals surface area contributed by atoms with Crippen LogP contribution in [0, 0.1) is 0 Å². The monoisotopic (exact) mass is 284 g/mol. The van der Waals surface area contributed by atoms with E-state index in [9.17, 15) is 4.79 Å². The van der Waals surface area contributed by atoms with Crippen LogP contribution in [0.15, 0.2) is 18.6 Å². The van der Waals surface area contributed by atoms with Crippen LogP contribution in [-0.4, -0.2) is 47.2 Å². The van der Waals surface area contributed by atoms with Crippen LogP contribution in [-0.2, 0) is 4.74 Å². The lowest BCUT2D eigenvalue weighted by molar-refractivity contribution is -0.00218. The van der Waals surface area contributed by atoms with Crippen LogP contribution in [0.25, 0.3) is 0 Å². The fourth-order valence-electron chi connectivity index (χ4n) is 2.60. The smallest absolute Gasteiger partial charge is 0.271 e. The maximum absolute atomic E-state index is 12.0. The predicted octanol–water partition coefficient (Wildman–Crippen LogP) is 0.148. The Morgan fingerprint density at radius 1 is 1.47 bits per heavy atom. The second-order valence-corrected chi connectivity index (χ2v) is 4.66. The first-order valence-corrected chi connectivity index (χ1v) is 6.26. The Balaban J connectivity index is 0.00000133. The average molecular weight is 285 g/mol. The number of aromatic nitrogens is 2. The van der Waals surface area contributed by atoms with Crippen molar-refractivity contribution in [2.45, 2.75) is 31.0 Å². The van der Waals surface area contributed by atoms with E-state index in [1.165, 1.54) is 12.4 Å². The zero-order valence-electron chi connectivity index (χ0n) is 10.4. The molecule has 1 aromatic rings. The molecule has 0 bridgehead atoms. The molecule has 0 spiro atoms. The first kappa shape index (κ1) is 14.2. The molecule has 2 saturated heterocycles. The molecule has 2 N–H and O–H groups in total. The maximum Gasteiger partial charge on any atom is 0.271 e. The molecule has 1 amide bonds. The summed E-state index contributed by atoms with van der Waals surface area (Å²) in [5.74, 6) is -0.190. The van der Waals surface area contributed by atoms with Crippen molar-refractivity contribution >= 4 is 18.3 Å². The molecule has 1 aromatic heterocycles. The Morgan fingerprint density at radius 2 is 2.37 bits per heavy atom. The molecule has 0 unspecified atom stereocenters. The predicted molar refractivity (Wildman–Crippen MR) is 71.3 cm³/mol. The Kier molecular flexibility index (Phi) is 4.68. The molecule has 104 valence electrons. The minimum Gasteiger partial charge on any atom is -0.374 e. The zero-order chi connectivity index (χ0) is 12.4. The minimum absolute atomic E-state index is 0. The minimum atomic E-state index is -0.190. The van der Waals surface area contributed by atoms with Gasteiger partial charge >= 0.3 is 0 Å². The third-order valence-electron chi connectivity index (χ3n) is 3.48. The Bertz CT molecular complexity index is 431. The molecule has 6 nitrogen and oxygen atoms in total. The second kappa shape index (κ2) is 6.27. The van der Waals surface area contributed by atoms with Crippen LogP contribution < -0.4 is 10.6 Å². The number of nitrogens with one attached hydrogen (secondary N) is 2. The molecule has 3 heterocycles. The molecule has 0 saturated carbocycles. The van der Waals surface area contributed by atoms with Crippen LogP contribution in [0.1, 0.15) is 23.3 Å². The maximum atomic E-state index is 12.0. The SMILES string of the molecule is Cl.O=C(N[C@@H]1CN[C@H]2CCCO[C@H]21)c1cnccn1. The molecule has 3 atom stereocenters. The summed E-state index contributed by atoms with van der Waals surface area (Å²) in [5, 5.41) is 6.36. The van der Waals surface area contributed by atoms with Gasteiger partial charge in [0.15, 0.2) is 0 Å². The van der Waals surface area contributed by atoms with Gasteiger partial charge in [-0.05, 0) is 12.8 Å². The Labute approximate surface area is 117 Å². The average Bonchev–Trinajstić information content (AvgIpc) is 2.83. The van der Waals surface area contributed by atoms with Crippen molar-refractivity contribution in [1.82, 2.24) is 20.6 Å². The van der Waals surface area contributed by atoms with E-state index in [2.05, 4.69) is 20.6 Å². The van der Waals surface area contributed by atoms with Crippen molar-refractivity contribution in [3.05, 3.63) is 24.3 Å². The third kappa shape index (κ3) is 3.02. The molecule has 19 heavy (non-hydrogen) atoms. The van der Waals surface area contributed by atoms with E-state index in [1.54, 1.807) is 6.20 Å². The Morgan fingerprint density at radius 3 is 3.16 bits per heavy atom. The molecular weight excluding hydrogens is 268 g/mol. The lowest BCUT2D eigenvalue weighted by Crippen LogP contribution is -2.47. The lowest BCUT2D eigenvalue weighted by Gasteiger charge is -2.29. The van der Waals surface area contributed by atoms with Gasteiger partial charge in [-0.15, -0.1) is 12.4 Å². The summed E-state index contributed by atoms with van der Waals surface area (Å²) in [6, 6.07) is 0.385. The molecule has 0 aliphatic carbocycles. The standard InChI is InChI=1S/C12H16N4O2.ClH/c17-12(10-6-13-3-4-14-10)16-9-7-15-8-2-1-5-18-11(8)9;/h3-4,6,8-9,11,15H,1-2,5,7H2,(H,16,17);1H/t8-,9+,11+;/m0./s1. The molecular formula is C12H17ClN4O2. The van der Waals surface area contributed by atoms with Gasteiger partial charge in [-0.3, -0.25) is 9.78 Å². The summed E-state index contributed by atoms with van der Waals surface area (Å²) >= 11 is 0. The quantitative estimate of drug-likeness (QED) is 0.808. The van der Waals surface area contributed by atoms with Crippen molar-refractivity contribution in [1.29, 1.82) is 0 Å². The number of halogens is 1. The molecule has 0 radical (unpaired) electrons. The van der Waals surface area contributed by atoms with E-state index in [0.717, 1.165) is 26.0 Å². The number of hydrogen-bond acceptors (Lipinski definition) is 5. The van der Waals surface area contributed by atoms with Gasteiger partial charge in [0.2, 0.25) is 0 Å². The van der Waals surface area contributed by atoms with Crippen LogP contribution in [0.3, 0.4) is 0 Å². The van der Waals surface area contributed by atoms with Crippen molar-refractivity contribution in [3.8, 4) is 0 Å². The first-order valence-electron chi connectivity index (χ1n) is 6.26. The largest absolute Gasteiger partial charge is 0.374 e. The number of carbonyl (C=O) groups excluding carboxylic acids is 1. The van der Waals surface area contributed by atoms with Gasteiger partial charge < -0.3 is 15.4 Å². The van der Waals surface area contributed by atoms with Crippen LogP contribution >= 0.6 is 12.4 Å². The number of nitrogens with zero attached hydrogens (tertiary/aromatic N) is 2. The molecule has 2 fully saturated rings. The molecule has 7 heteroatoms. The van der Waals surface area contributed by atoms with Gasteiger partial charge in [0.25, 0.3) is 5.91 Å².